The Morgan fingerprint density at radius 1 is 1.06 bits per heavy atom. The van der Waals surface area contributed by atoms with Gasteiger partial charge in [-0.3, -0.25) is 9.59 Å². The quantitative estimate of drug-likeness (QED) is 0.457. The van der Waals surface area contributed by atoms with E-state index in [4.69, 9.17) is 4.74 Å². The van der Waals surface area contributed by atoms with Gasteiger partial charge in [0.05, 0.1) is 6.61 Å². The largest absolute Gasteiger partial charge is 0.383 e. The molecule has 1 aliphatic carbocycles. The second-order valence-electron chi connectivity index (χ2n) is 4.42. The monoisotopic (exact) mass is 257 g/mol. The number of rotatable bonds is 10. The molecule has 0 atom stereocenters. The Morgan fingerprint density at radius 3 is 2.28 bits per heavy atom. The van der Waals surface area contributed by atoms with E-state index < -0.39 is 0 Å². The lowest BCUT2D eigenvalue weighted by Gasteiger charge is -2.06. The van der Waals surface area contributed by atoms with E-state index in [2.05, 4.69) is 16.0 Å². The van der Waals surface area contributed by atoms with Gasteiger partial charge in [0, 0.05) is 45.6 Å². The molecule has 0 heterocycles. The summed E-state index contributed by atoms with van der Waals surface area (Å²) >= 11 is 0. The lowest BCUT2D eigenvalue weighted by Crippen LogP contribution is -2.33. The van der Waals surface area contributed by atoms with Crippen molar-refractivity contribution in [3.63, 3.8) is 0 Å². The Kier molecular flexibility index (Phi) is 7.36. The fourth-order valence-electron chi connectivity index (χ4n) is 1.46. The summed E-state index contributed by atoms with van der Waals surface area (Å²) in [5.74, 6) is -0.0729. The highest BCUT2D eigenvalue weighted by Gasteiger charge is 2.19. The Morgan fingerprint density at radius 2 is 1.67 bits per heavy atom. The first-order valence-corrected chi connectivity index (χ1v) is 6.48. The van der Waals surface area contributed by atoms with Crippen LogP contribution in [0.25, 0.3) is 0 Å². The van der Waals surface area contributed by atoms with Crippen molar-refractivity contribution in [2.24, 2.45) is 0 Å². The number of carbonyl (C=O) groups excluding carboxylic acids is 2. The Labute approximate surface area is 108 Å². The van der Waals surface area contributed by atoms with E-state index in [1.54, 1.807) is 7.11 Å². The molecule has 0 spiro atoms. The van der Waals surface area contributed by atoms with E-state index in [0.29, 0.717) is 38.6 Å². The molecule has 3 N–H and O–H groups in total. The molecule has 0 unspecified atom stereocenters. The Balaban J connectivity index is 1.88. The first kappa shape index (κ1) is 14.9. The smallest absolute Gasteiger partial charge is 0.221 e. The second-order valence-corrected chi connectivity index (χ2v) is 4.42. The summed E-state index contributed by atoms with van der Waals surface area (Å²) in [6, 6.07) is 0.629. The summed E-state index contributed by atoms with van der Waals surface area (Å²) in [5, 5.41) is 8.69. The van der Waals surface area contributed by atoms with E-state index in [1.807, 2.05) is 0 Å². The SMILES string of the molecule is COCCNC(=O)CCNC(=O)CCNC1CC1. The first-order valence-electron chi connectivity index (χ1n) is 6.48. The number of hydrogen-bond acceptors (Lipinski definition) is 4. The van der Waals surface area contributed by atoms with Crippen LogP contribution in [0.3, 0.4) is 0 Å². The molecule has 0 radical (unpaired) electrons. The van der Waals surface area contributed by atoms with Crippen LogP contribution in [0.1, 0.15) is 25.7 Å². The van der Waals surface area contributed by atoms with Crippen molar-refractivity contribution in [1.29, 1.82) is 0 Å². The summed E-state index contributed by atoms with van der Waals surface area (Å²) in [6.45, 7) is 2.12. The number of hydrogen-bond donors (Lipinski definition) is 3. The summed E-state index contributed by atoms with van der Waals surface area (Å²) < 4.78 is 4.81. The van der Waals surface area contributed by atoms with Crippen LogP contribution in [-0.4, -0.2) is 51.2 Å². The van der Waals surface area contributed by atoms with Gasteiger partial charge < -0.3 is 20.7 Å². The van der Waals surface area contributed by atoms with Gasteiger partial charge in [0.2, 0.25) is 11.8 Å². The molecule has 2 amide bonds. The number of amides is 2. The minimum Gasteiger partial charge on any atom is -0.383 e. The molecule has 6 nitrogen and oxygen atoms in total. The topological polar surface area (TPSA) is 79.5 Å². The van der Waals surface area contributed by atoms with Crippen LogP contribution >= 0.6 is 0 Å². The third-order valence-electron chi connectivity index (χ3n) is 2.67. The molecule has 0 aromatic rings. The van der Waals surface area contributed by atoms with Crippen molar-refractivity contribution in [3.05, 3.63) is 0 Å². The van der Waals surface area contributed by atoms with Gasteiger partial charge >= 0.3 is 0 Å². The molecule has 0 aliphatic heterocycles. The summed E-state index contributed by atoms with van der Waals surface area (Å²) in [5.41, 5.74) is 0. The first-order chi connectivity index (χ1) is 8.72. The molecule has 0 aromatic heterocycles. The van der Waals surface area contributed by atoms with E-state index >= 15 is 0 Å². The van der Waals surface area contributed by atoms with Crippen LogP contribution in [0.4, 0.5) is 0 Å². The number of ether oxygens (including phenoxy) is 1. The summed E-state index contributed by atoms with van der Waals surface area (Å²) in [6.07, 6.45) is 3.24. The van der Waals surface area contributed by atoms with Gasteiger partial charge in [-0.15, -0.1) is 0 Å². The van der Waals surface area contributed by atoms with Gasteiger partial charge in [0.1, 0.15) is 0 Å². The molecular formula is C12H23N3O3. The van der Waals surface area contributed by atoms with Crippen LogP contribution in [0, 0.1) is 0 Å². The second kappa shape index (κ2) is 8.88. The molecule has 0 saturated heterocycles. The van der Waals surface area contributed by atoms with Gasteiger partial charge in [0.15, 0.2) is 0 Å². The van der Waals surface area contributed by atoms with Crippen LogP contribution in [0.5, 0.6) is 0 Å². The highest BCUT2D eigenvalue weighted by molar-refractivity contribution is 5.79. The van der Waals surface area contributed by atoms with Crippen molar-refractivity contribution in [1.82, 2.24) is 16.0 Å². The molecule has 1 rings (SSSR count). The lowest BCUT2D eigenvalue weighted by molar-refractivity contribution is -0.122. The third-order valence-corrected chi connectivity index (χ3v) is 2.67. The molecule has 104 valence electrons. The predicted molar refractivity (Wildman–Crippen MR) is 68.2 cm³/mol. The molecule has 1 saturated carbocycles. The molecule has 1 fully saturated rings. The van der Waals surface area contributed by atoms with Gasteiger partial charge in [-0.25, -0.2) is 0 Å². The summed E-state index contributed by atoms with van der Waals surface area (Å²) in [7, 11) is 1.59. The zero-order valence-corrected chi connectivity index (χ0v) is 11.0. The number of methoxy groups -OCH3 is 1. The van der Waals surface area contributed by atoms with Gasteiger partial charge in [-0.2, -0.15) is 0 Å². The maximum absolute atomic E-state index is 11.4. The zero-order valence-electron chi connectivity index (χ0n) is 11.0. The Bertz CT molecular complexity index is 267. The minimum atomic E-state index is -0.0662. The van der Waals surface area contributed by atoms with E-state index in [-0.39, 0.29) is 11.8 Å². The molecule has 1 aliphatic rings. The Hall–Kier alpha value is -1.14. The average molecular weight is 257 g/mol. The van der Waals surface area contributed by atoms with Gasteiger partial charge in [0.25, 0.3) is 0 Å². The van der Waals surface area contributed by atoms with Crippen LogP contribution < -0.4 is 16.0 Å². The van der Waals surface area contributed by atoms with Crippen LogP contribution in [-0.2, 0) is 14.3 Å². The predicted octanol–water partition coefficient (Wildman–Crippen LogP) is -0.603. The average Bonchev–Trinajstić information content (AvgIpc) is 3.13. The van der Waals surface area contributed by atoms with Crippen molar-refractivity contribution in [3.8, 4) is 0 Å². The number of nitrogens with one attached hydrogen (secondary N) is 3. The highest BCUT2D eigenvalue weighted by atomic mass is 16.5. The molecule has 0 aromatic carbocycles. The fourth-order valence-corrected chi connectivity index (χ4v) is 1.46. The molecular weight excluding hydrogens is 234 g/mol. The van der Waals surface area contributed by atoms with E-state index in [0.717, 1.165) is 6.54 Å². The fraction of sp³-hybridized carbons (Fsp3) is 0.833. The molecule has 18 heavy (non-hydrogen) atoms. The minimum absolute atomic E-state index is 0.00663. The van der Waals surface area contributed by atoms with E-state index in [1.165, 1.54) is 12.8 Å². The van der Waals surface area contributed by atoms with Crippen molar-refractivity contribution >= 4 is 11.8 Å². The van der Waals surface area contributed by atoms with Crippen molar-refractivity contribution < 1.29 is 14.3 Å². The van der Waals surface area contributed by atoms with Crippen molar-refractivity contribution in [2.45, 2.75) is 31.7 Å². The van der Waals surface area contributed by atoms with Gasteiger partial charge in [-0.1, -0.05) is 0 Å². The molecule has 6 heteroatoms. The highest BCUT2D eigenvalue weighted by Crippen LogP contribution is 2.18. The normalized spacial score (nSPS) is 14.3. The van der Waals surface area contributed by atoms with E-state index in [9.17, 15) is 9.59 Å². The molecule has 0 bridgehead atoms. The number of carbonyl (C=O) groups is 2. The zero-order chi connectivity index (χ0) is 13.2. The van der Waals surface area contributed by atoms with Crippen LogP contribution in [0.15, 0.2) is 0 Å². The summed E-state index contributed by atoms with van der Waals surface area (Å²) in [4.78, 5) is 22.7. The maximum atomic E-state index is 11.4. The maximum Gasteiger partial charge on any atom is 0.221 e. The van der Waals surface area contributed by atoms with Crippen LogP contribution in [0.2, 0.25) is 0 Å². The van der Waals surface area contributed by atoms with Gasteiger partial charge in [-0.05, 0) is 12.8 Å². The third kappa shape index (κ3) is 8.03. The standard InChI is InChI=1S/C12H23N3O3/c1-18-9-8-15-12(17)5-7-14-11(16)4-6-13-10-2-3-10/h10,13H,2-9H2,1H3,(H,14,16)(H,15,17). The lowest BCUT2D eigenvalue weighted by atomic mass is 10.3. The van der Waals surface area contributed by atoms with Crippen molar-refractivity contribution in [2.75, 3.05) is 33.4 Å².